The Morgan fingerprint density at radius 1 is 1.50 bits per heavy atom. The molecule has 1 aliphatic rings. The summed E-state index contributed by atoms with van der Waals surface area (Å²) in [7, 11) is 2.20. The molecule has 80 valence electrons. The lowest BCUT2D eigenvalue weighted by Crippen LogP contribution is -2.35. The smallest absolute Gasteiger partial charge is 0.0621 e. The van der Waals surface area contributed by atoms with Crippen LogP contribution in [0.5, 0.6) is 0 Å². The first kappa shape index (κ1) is 11.5. The monoisotopic (exact) mass is 195 g/mol. The molecule has 1 aliphatic heterocycles. The second kappa shape index (κ2) is 6.80. The molecular weight excluding hydrogens is 174 g/mol. The number of hydrogen-bond acceptors (Lipinski definition) is 3. The minimum atomic E-state index is 0.699. The molecule has 0 bridgehead atoms. The van der Waals surface area contributed by atoms with Crippen LogP contribution < -0.4 is 5.32 Å². The zero-order valence-corrected chi connectivity index (χ0v) is 9.13. The highest BCUT2D eigenvalue weighted by Crippen LogP contribution is 2.13. The Morgan fingerprint density at radius 2 is 2.36 bits per heavy atom. The molecule has 0 amide bonds. The van der Waals surface area contributed by atoms with Gasteiger partial charge in [0.05, 0.1) is 6.07 Å². The van der Waals surface area contributed by atoms with Gasteiger partial charge in [-0.1, -0.05) is 0 Å². The molecule has 14 heavy (non-hydrogen) atoms. The van der Waals surface area contributed by atoms with Gasteiger partial charge in [-0.15, -0.1) is 0 Å². The molecule has 3 heteroatoms. The van der Waals surface area contributed by atoms with Crippen molar-refractivity contribution in [1.82, 2.24) is 10.2 Å². The third kappa shape index (κ3) is 4.08. The summed E-state index contributed by atoms with van der Waals surface area (Å²) in [4.78, 5) is 2.43. The van der Waals surface area contributed by atoms with E-state index in [0.717, 1.165) is 32.0 Å². The Kier molecular flexibility index (Phi) is 5.58. The number of nitriles is 1. The van der Waals surface area contributed by atoms with Crippen molar-refractivity contribution >= 4 is 0 Å². The van der Waals surface area contributed by atoms with E-state index < -0.39 is 0 Å². The van der Waals surface area contributed by atoms with Crippen molar-refractivity contribution in [3.05, 3.63) is 0 Å². The van der Waals surface area contributed by atoms with Crippen LogP contribution in [0.2, 0.25) is 0 Å². The first-order chi connectivity index (χ1) is 6.84. The summed E-state index contributed by atoms with van der Waals surface area (Å²) in [6.07, 6.45) is 5.54. The topological polar surface area (TPSA) is 39.1 Å². The van der Waals surface area contributed by atoms with Crippen LogP contribution in [0.1, 0.15) is 32.1 Å². The van der Waals surface area contributed by atoms with Crippen molar-refractivity contribution in [2.45, 2.75) is 38.1 Å². The fourth-order valence-corrected chi connectivity index (χ4v) is 1.96. The highest BCUT2D eigenvalue weighted by molar-refractivity contribution is 4.78. The molecule has 1 fully saturated rings. The van der Waals surface area contributed by atoms with Gasteiger partial charge in [-0.3, -0.25) is 0 Å². The molecular formula is C11H21N3. The highest BCUT2D eigenvalue weighted by Gasteiger charge is 2.19. The molecule has 1 N–H and O–H groups in total. The third-order valence-electron chi connectivity index (χ3n) is 2.94. The Hall–Kier alpha value is -0.590. The standard InChI is InChI=1S/C11H21N3/c1-14-9-5-6-11(14)10-13-8-4-2-3-7-12/h11,13H,2-6,8-10H2,1H3. The largest absolute Gasteiger partial charge is 0.315 e. The van der Waals surface area contributed by atoms with E-state index in [-0.39, 0.29) is 0 Å². The molecule has 1 saturated heterocycles. The van der Waals surface area contributed by atoms with Gasteiger partial charge in [0, 0.05) is 19.0 Å². The fraction of sp³-hybridized carbons (Fsp3) is 0.909. The molecule has 1 atom stereocenters. The average Bonchev–Trinajstić information content (AvgIpc) is 2.58. The molecule has 0 aromatic heterocycles. The normalized spacial score (nSPS) is 22.4. The third-order valence-corrected chi connectivity index (χ3v) is 2.94. The van der Waals surface area contributed by atoms with Gasteiger partial charge < -0.3 is 10.2 Å². The van der Waals surface area contributed by atoms with Crippen LogP contribution in [0.4, 0.5) is 0 Å². The van der Waals surface area contributed by atoms with E-state index in [9.17, 15) is 0 Å². The molecule has 0 saturated carbocycles. The molecule has 0 spiro atoms. The summed E-state index contributed by atoms with van der Waals surface area (Å²) in [5, 5.41) is 11.8. The number of hydrogen-bond donors (Lipinski definition) is 1. The predicted octanol–water partition coefficient (Wildman–Crippen LogP) is 1.36. The van der Waals surface area contributed by atoms with Crippen LogP contribution in [0.15, 0.2) is 0 Å². The predicted molar refractivity (Wildman–Crippen MR) is 58.0 cm³/mol. The van der Waals surface area contributed by atoms with Gasteiger partial charge >= 0.3 is 0 Å². The Bertz CT molecular complexity index is 185. The van der Waals surface area contributed by atoms with E-state index in [1.807, 2.05) is 0 Å². The van der Waals surface area contributed by atoms with Crippen molar-refractivity contribution in [3.8, 4) is 6.07 Å². The molecule has 1 heterocycles. The average molecular weight is 195 g/mol. The fourth-order valence-electron chi connectivity index (χ4n) is 1.96. The SMILES string of the molecule is CN1CCCC1CNCCCCC#N. The van der Waals surface area contributed by atoms with Gasteiger partial charge in [0.2, 0.25) is 0 Å². The van der Waals surface area contributed by atoms with E-state index in [4.69, 9.17) is 5.26 Å². The number of likely N-dealkylation sites (N-methyl/N-ethyl adjacent to an activating group) is 1. The zero-order valence-electron chi connectivity index (χ0n) is 9.13. The Balaban J connectivity index is 1.91. The van der Waals surface area contributed by atoms with E-state index in [1.54, 1.807) is 0 Å². The molecule has 1 rings (SSSR count). The summed E-state index contributed by atoms with van der Waals surface area (Å²) in [6, 6.07) is 2.91. The van der Waals surface area contributed by atoms with Crippen LogP contribution in [-0.4, -0.2) is 37.6 Å². The van der Waals surface area contributed by atoms with Gasteiger partial charge in [-0.25, -0.2) is 0 Å². The summed E-state index contributed by atoms with van der Waals surface area (Å²) in [5.41, 5.74) is 0. The lowest BCUT2D eigenvalue weighted by Gasteiger charge is -2.19. The summed E-state index contributed by atoms with van der Waals surface area (Å²) in [6.45, 7) is 3.43. The number of rotatable bonds is 6. The van der Waals surface area contributed by atoms with Crippen LogP contribution in [0.25, 0.3) is 0 Å². The van der Waals surface area contributed by atoms with Crippen LogP contribution in [-0.2, 0) is 0 Å². The maximum atomic E-state index is 8.35. The van der Waals surface area contributed by atoms with Crippen LogP contribution in [0.3, 0.4) is 0 Å². The van der Waals surface area contributed by atoms with E-state index in [1.165, 1.54) is 19.4 Å². The summed E-state index contributed by atoms with van der Waals surface area (Å²) in [5.74, 6) is 0. The lowest BCUT2D eigenvalue weighted by molar-refractivity contribution is 0.300. The van der Waals surface area contributed by atoms with Gasteiger partial charge in [0.25, 0.3) is 0 Å². The van der Waals surface area contributed by atoms with Gasteiger partial charge in [-0.2, -0.15) is 5.26 Å². The molecule has 3 nitrogen and oxygen atoms in total. The maximum absolute atomic E-state index is 8.35. The quantitative estimate of drug-likeness (QED) is 0.650. The van der Waals surface area contributed by atoms with Crippen molar-refractivity contribution in [1.29, 1.82) is 5.26 Å². The van der Waals surface area contributed by atoms with E-state index in [2.05, 4.69) is 23.3 Å². The minimum Gasteiger partial charge on any atom is -0.315 e. The second-order valence-corrected chi connectivity index (χ2v) is 4.10. The van der Waals surface area contributed by atoms with Crippen LogP contribution >= 0.6 is 0 Å². The molecule has 0 aromatic carbocycles. The van der Waals surface area contributed by atoms with Crippen molar-refractivity contribution in [2.24, 2.45) is 0 Å². The molecule has 0 aromatic rings. The Morgan fingerprint density at radius 3 is 3.00 bits per heavy atom. The zero-order chi connectivity index (χ0) is 10.2. The number of likely N-dealkylation sites (tertiary alicyclic amines) is 1. The first-order valence-corrected chi connectivity index (χ1v) is 5.62. The second-order valence-electron chi connectivity index (χ2n) is 4.10. The minimum absolute atomic E-state index is 0.699. The van der Waals surface area contributed by atoms with Crippen LogP contribution in [0, 0.1) is 11.3 Å². The van der Waals surface area contributed by atoms with Crippen molar-refractivity contribution < 1.29 is 0 Å². The highest BCUT2D eigenvalue weighted by atomic mass is 15.2. The molecule has 0 radical (unpaired) electrons. The van der Waals surface area contributed by atoms with Gasteiger partial charge in [-0.05, 0) is 45.8 Å². The maximum Gasteiger partial charge on any atom is 0.0621 e. The van der Waals surface area contributed by atoms with Crippen molar-refractivity contribution in [2.75, 3.05) is 26.7 Å². The lowest BCUT2D eigenvalue weighted by atomic mass is 10.2. The number of nitrogens with one attached hydrogen (secondary N) is 1. The first-order valence-electron chi connectivity index (χ1n) is 5.62. The van der Waals surface area contributed by atoms with Gasteiger partial charge in [0.1, 0.15) is 0 Å². The molecule has 0 aliphatic carbocycles. The summed E-state index contributed by atoms with van der Waals surface area (Å²) >= 11 is 0. The van der Waals surface area contributed by atoms with Gasteiger partial charge in [0.15, 0.2) is 0 Å². The summed E-state index contributed by atoms with van der Waals surface area (Å²) < 4.78 is 0. The van der Waals surface area contributed by atoms with E-state index >= 15 is 0 Å². The number of unbranched alkanes of at least 4 members (excludes halogenated alkanes) is 2. The van der Waals surface area contributed by atoms with E-state index in [0.29, 0.717) is 6.42 Å². The number of nitrogens with zero attached hydrogens (tertiary/aromatic N) is 2. The van der Waals surface area contributed by atoms with Crippen molar-refractivity contribution in [3.63, 3.8) is 0 Å². The molecule has 1 unspecified atom stereocenters. The Labute approximate surface area is 87.1 Å².